The highest BCUT2D eigenvalue weighted by Gasteiger charge is 2.27. The summed E-state index contributed by atoms with van der Waals surface area (Å²) in [7, 11) is 3.45. The lowest BCUT2D eigenvalue weighted by molar-refractivity contribution is 0.203. The standard InChI is InChI=1S/C12H19NO2.ClH/c1-8-10-7-12(15-3)11(14-2)6-9(10)4-5-13-8;/h8,13H,4-7H2,1-3H3;1H. The van der Waals surface area contributed by atoms with E-state index in [1.807, 2.05) is 0 Å². The molecule has 1 heterocycles. The fourth-order valence-electron chi connectivity index (χ4n) is 2.45. The number of nitrogens with one attached hydrogen (secondary N) is 1. The zero-order valence-corrected chi connectivity index (χ0v) is 10.9. The first-order chi connectivity index (χ1) is 7.26. The minimum absolute atomic E-state index is 0. The van der Waals surface area contributed by atoms with Gasteiger partial charge in [0, 0.05) is 18.9 Å². The molecule has 4 heteroatoms. The third-order valence-electron chi connectivity index (χ3n) is 3.38. The van der Waals surface area contributed by atoms with Gasteiger partial charge in [0.1, 0.15) is 11.5 Å². The van der Waals surface area contributed by atoms with Crippen LogP contribution < -0.4 is 5.32 Å². The van der Waals surface area contributed by atoms with E-state index < -0.39 is 0 Å². The number of ether oxygens (including phenoxy) is 2. The maximum absolute atomic E-state index is 5.38. The van der Waals surface area contributed by atoms with Gasteiger partial charge in [-0.05, 0) is 25.5 Å². The third kappa shape index (κ3) is 2.36. The van der Waals surface area contributed by atoms with Crippen molar-refractivity contribution < 1.29 is 9.47 Å². The summed E-state index contributed by atoms with van der Waals surface area (Å²) in [5.41, 5.74) is 3.04. The second kappa shape index (κ2) is 5.60. The van der Waals surface area contributed by atoms with Crippen LogP contribution in [-0.2, 0) is 9.47 Å². The van der Waals surface area contributed by atoms with Crippen molar-refractivity contribution in [1.29, 1.82) is 0 Å². The first-order valence-electron chi connectivity index (χ1n) is 5.50. The van der Waals surface area contributed by atoms with Crippen molar-refractivity contribution in [2.45, 2.75) is 32.2 Å². The summed E-state index contributed by atoms with van der Waals surface area (Å²) >= 11 is 0. The molecule has 0 amide bonds. The molecule has 0 bridgehead atoms. The van der Waals surface area contributed by atoms with Gasteiger partial charge in [-0.1, -0.05) is 5.57 Å². The van der Waals surface area contributed by atoms with Gasteiger partial charge in [-0.15, -0.1) is 12.4 Å². The Bertz CT molecular complexity index is 323. The molecule has 0 fully saturated rings. The molecule has 0 spiro atoms. The lowest BCUT2D eigenvalue weighted by Crippen LogP contribution is -2.35. The molecule has 1 N–H and O–H groups in total. The number of allylic oxidation sites excluding steroid dienone is 2. The van der Waals surface area contributed by atoms with Gasteiger partial charge in [-0.3, -0.25) is 0 Å². The van der Waals surface area contributed by atoms with Crippen LogP contribution in [0.5, 0.6) is 0 Å². The SMILES string of the molecule is COC1=C(OC)CC2=C(CCNC2C)C1.Cl. The molecule has 0 saturated carbocycles. The molecule has 16 heavy (non-hydrogen) atoms. The van der Waals surface area contributed by atoms with E-state index in [2.05, 4.69) is 12.2 Å². The molecule has 92 valence electrons. The zero-order valence-electron chi connectivity index (χ0n) is 10.1. The Kier molecular flexibility index (Phi) is 4.69. The second-order valence-electron chi connectivity index (χ2n) is 4.16. The Labute approximate surface area is 103 Å². The molecular formula is C12H20ClNO2. The van der Waals surface area contributed by atoms with E-state index in [0.29, 0.717) is 6.04 Å². The third-order valence-corrected chi connectivity index (χ3v) is 3.38. The van der Waals surface area contributed by atoms with Crippen LogP contribution in [0.2, 0.25) is 0 Å². The molecule has 1 unspecified atom stereocenters. The summed E-state index contributed by atoms with van der Waals surface area (Å²) in [6, 6.07) is 0.484. The van der Waals surface area contributed by atoms with Crippen LogP contribution >= 0.6 is 12.4 Å². The van der Waals surface area contributed by atoms with Crippen molar-refractivity contribution in [1.82, 2.24) is 5.32 Å². The average molecular weight is 246 g/mol. The average Bonchev–Trinajstić information content (AvgIpc) is 2.28. The van der Waals surface area contributed by atoms with Crippen LogP contribution in [0.15, 0.2) is 22.7 Å². The van der Waals surface area contributed by atoms with Gasteiger partial charge < -0.3 is 14.8 Å². The molecule has 2 rings (SSSR count). The van der Waals surface area contributed by atoms with Gasteiger partial charge in [0.05, 0.1) is 14.2 Å². The summed E-state index contributed by atoms with van der Waals surface area (Å²) in [6.07, 6.45) is 2.98. The molecule has 3 nitrogen and oxygen atoms in total. The predicted molar refractivity (Wildman–Crippen MR) is 66.6 cm³/mol. The van der Waals surface area contributed by atoms with E-state index in [4.69, 9.17) is 9.47 Å². The summed E-state index contributed by atoms with van der Waals surface area (Å²) in [6.45, 7) is 3.30. The summed E-state index contributed by atoms with van der Waals surface area (Å²) < 4.78 is 10.8. The number of halogens is 1. The number of methoxy groups -OCH3 is 2. The minimum Gasteiger partial charge on any atom is -0.497 e. The smallest absolute Gasteiger partial charge is 0.137 e. The predicted octanol–water partition coefficient (Wildman–Crippen LogP) is 2.38. The Morgan fingerprint density at radius 3 is 2.38 bits per heavy atom. The first kappa shape index (κ1) is 13.4. The fraction of sp³-hybridized carbons (Fsp3) is 0.667. The molecule has 1 aliphatic heterocycles. The summed E-state index contributed by atoms with van der Waals surface area (Å²) in [5.74, 6) is 2.00. The lowest BCUT2D eigenvalue weighted by Gasteiger charge is -2.32. The van der Waals surface area contributed by atoms with E-state index in [1.165, 1.54) is 5.57 Å². The van der Waals surface area contributed by atoms with E-state index in [-0.39, 0.29) is 12.4 Å². The number of hydrogen-bond donors (Lipinski definition) is 1. The quantitative estimate of drug-likeness (QED) is 0.758. The Morgan fingerprint density at radius 2 is 1.75 bits per heavy atom. The monoisotopic (exact) mass is 245 g/mol. The largest absolute Gasteiger partial charge is 0.497 e. The van der Waals surface area contributed by atoms with Crippen LogP contribution in [-0.4, -0.2) is 26.8 Å². The molecule has 0 aromatic rings. The van der Waals surface area contributed by atoms with Gasteiger partial charge in [0.25, 0.3) is 0 Å². The van der Waals surface area contributed by atoms with Gasteiger partial charge in [-0.2, -0.15) is 0 Å². The highest BCUT2D eigenvalue weighted by molar-refractivity contribution is 5.85. The van der Waals surface area contributed by atoms with Gasteiger partial charge in [0.15, 0.2) is 0 Å². The maximum Gasteiger partial charge on any atom is 0.137 e. The number of rotatable bonds is 2. The molecule has 0 aromatic heterocycles. The normalized spacial score (nSPS) is 24.8. The topological polar surface area (TPSA) is 30.5 Å². The Balaban J connectivity index is 0.00000128. The molecule has 0 saturated heterocycles. The van der Waals surface area contributed by atoms with Crippen molar-refractivity contribution in [3.8, 4) is 0 Å². The highest BCUT2D eigenvalue weighted by Crippen LogP contribution is 2.35. The Morgan fingerprint density at radius 1 is 1.12 bits per heavy atom. The van der Waals surface area contributed by atoms with Crippen molar-refractivity contribution in [3.63, 3.8) is 0 Å². The van der Waals surface area contributed by atoms with Crippen LogP contribution in [0.25, 0.3) is 0 Å². The molecule has 1 aliphatic carbocycles. The van der Waals surface area contributed by atoms with E-state index >= 15 is 0 Å². The minimum atomic E-state index is 0. The lowest BCUT2D eigenvalue weighted by atomic mass is 9.86. The van der Waals surface area contributed by atoms with E-state index in [9.17, 15) is 0 Å². The molecule has 0 aromatic carbocycles. The van der Waals surface area contributed by atoms with Crippen LogP contribution in [0.4, 0.5) is 0 Å². The number of hydrogen-bond acceptors (Lipinski definition) is 3. The molecular weight excluding hydrogens is 226 g/mol. The van der Waals surface area contributed by atoms with Gasteiger partial charge in [0.2, 0.25) is 0 Å². The molecule has 0 radical (unpaired) electrons. The van der Waals surface area contributed by atoms with Crippen LogP contribution in [0.1, 0.15) is 26.2 Å². The van der Waals surface area contributed by atoms with Crippen LogP contribution in [0.3, 0.4) is 0 Å². The van der Waals surface area contributed by atoms with Gasteiger partial charge >= 0.3 is 0 Å². The summed E-state index contributed by atoms with van der Waals surface area (Å²) in [5, 5.41) is 3.48. The molecule has 1 atom stereocenters. The highest BCUT2D eigenvalue weighted by atomic mass is 35.5. The van der Waals surface area contributed by atoms with Crippen molar-refractivity contribution in [3.05, 3.63) is 22.7 Å². The van der Waals surface area contributed by atoms with E-state index in [0.717, 1.165) is 37.3 Å². The van der Waals surface area contributed by atoms with Crippen molar-refractivity contribution >= 4 is 12.4 Å². The fourth-order valence-corrected chi connectivity index (χ4v) is 2.45. The van der Waals surface area contributed by atoms with Crippen molar-refractivity contribution in [2.24, 2.45) is 0 Å². The molecule has 2 aliphatic rings. The first-order valence-corrected chi connectivity index (χ1v) is 5.50. The maximum atomic E-state index is 5.38. The van der Waals surface area contributed by atoms with E-state index in [1.54, 1.807) is 19.8 Å². The van der Waals surface area contributed by atoms with Crippen LogP contribution in [0, 0.1) is 0 Å². The zero-order chi connectivity index (χ0) is 10.8. The summed E-state index contributed by atoms with van der Waals surface area (Å²) in [4.78, 5) is 0. The van der Waals surface area contributed by atoms with Gasteiger partial charge in [-0.25, -0.2) is 0 Å². The Hall–Kier alpha value is -0.670. The second-order valence-corrected chi connectivity index (χ2v) is 4.16. The van der Waals surface area contributed by atoms with Crippen molar-refractivity contribution in [2.75, 3.05) is 20.8 Å².